The maximum atomic E-state index is 11.3. The van der Waals surface area contributed by atoms with Crippen molar-refractivity contribution in [1.29, 1.82) is 0 Å². The van der Waals surface area contributed by atoms with Crippen LogP contribution >= 0.6 is 0 Å². The van der Waals surface area contributed by atoms with Crippen LogP contribution in [0.25, 0.3) is 0 Å². The lowest BCUT2D eigenvalue weighted by Crippen LogP contribution is -2.19. The van der Waals surface area contributed by atoms with Gasteiger partial charge >= 0.3 is 0 Å². The molecule has 0 bridgehead atoms. The summed E-state index contributed by atoms with van der Waals surface area (Å²) in [4.78, 5) is 19.3. The van der Waals surface area contributed by atoms with Gasteiger partial charge in [-0.05, 0) is 18.2 Å². The number of carbonyl (C=O) groups is 1. The Hall–Kier alpha value is -2.91. The summed E-state index contributed by atoms with van der Waals surface area (Å²) in [7, 11) is 1.46. The first-order chi connectivity index (χ1) is 9.74. The highest BCUT2D eigenvalue weighted by atomic mass is 16.5. The van der Waals surface area contributed by atoms with Gasteiger partial charge in [0, 0.05) is 24.2 Å². The molecule has 2 N–H and O–H groups in total. The summed E-state index contributed by atoms with van der Waals surface area (Å²) in [6.07, 6.45) is 4.57. The summed E-state index contributed by atoms with van der Waals surface area (Å²) in [6, 6.07) is 5.07. The molecule has 2 rings (SSSR count). The highest BCUT2D eigenvalue weighted by molar-refractivity contribution is 5.93. The van der Waals surface area contributed by atoms with Gasteiger partial charge in [-0.1, -0.05) is 11.8 Å². The number of nitrogens with one attached hydrogen (secondary N) is 1. The van der Waals surface area contributed by atoms with E-state index in [1.807, 2.05) is 6.07 Å². The molecule has 20 heavy (non-hydrogen) atoms. The van der Waals surface area contributed by atoms with E-state index in [4.69, 9.17) is 9.94 Å². The fourth-order valence-corrected chi connectivity index (χ4v) is 1.47. The minimum absolute atomic E-state index is 0.184. The van der Waals surface area contributed by atoms with Crippen molar-refractivity contribution in [3.05, 3.63) is 53.5 Å². The SMILES string of the molecule is COc1ncc(C(=O)NO)cc1C#Cc1cccnc1. The molecule has 0 radical (unpaired) electrons. The average Bonchev–Trinajstić information content (AvgIpc) is 2.52. The monoisotopic (exact) mass is 269 g/mol. The fourth-order valence-electron chi connectivity index (χ4n) is 1.47. The smallest absolute Gasteiger partial charge is 0.276 e. The predicted molar refractivity (Wildman–Crippen MR) is 70.3 cm³/mol. The molecule has 6 nitrogen and oxygen atoms in total. The van der Waals surface area contributed by atoms with Gasteiger partial charge in [0.2, 0.25) is 5.88 Å². The van der Waals surface area contributed by atoms with Crippen LogP contribution in [-0.2, 0) is 0 Å². The molecule has 2 heterocycles. The number of rotatable bonds is 2. The summed E-state index contributed by atoms with van der Waals surface area (Å²) in [5, 5.41) is 8.61. The lowest BCUT2D eigenvalue weighted by molar-refractivity contribution is 0.0706. The van der Waals surface area contributed by atoms with Crippen LogP contribution in [0.15, 0.2) is 36.8 Å². The number of hydrogen-bond acceptors (Lipinski definition) is 5. The molecule has 2 aromatic rings. The topological polar surface area (TPSA) is 84.3 Å². The first-order valence-electron chi connectivity index (χ1n) is 5.65. The third kappa shape index (κ3) is 3.10. The van der Waals surface area contributed by atoms with E-state index < -0.39 is 5.91 Å². The van der Waals surface area contributed by atoms with E-state index in [-0.39, 0.29) is 5.56 Å². The zero-order chi connectivity index (χ0) is 14.4. The number of nitrogens with zero attached hydrogens (tertiary/aromatic N) is 2. The zero-order valence-electron chi connectivity index (χ0n) is 10.6. The van der Waals surface area contributed by atoms with Crippen molar-refractivity contribution in [2.45, 2.75) is 0 Å². The summed E-state index contributed by atoms with van der Waals surface area (Å²) in [5.41, 5.74) is 2.90. The first kappa shape index (κ1) is 13.5. The molecule has 0 saturated carbocycles. The molecule has 6 heteroatoms. The normalized spacial score (nSPS) is 9.30. The lowest BCUT2D eigenvalue weighted by atomic mass is 10.1. The molecule has 0 saturated heterocycles. The molecule has 0 unspecified atom stereocenters. The van der Waals surface area contributed by atoms with E-state index in [0.717, 1.165) is 5.56 Å². The number of methoxy groups -OCH3 is 1. The molecule has 0 aliphatic carbocycles. The zero-order valence-corrected chi connectivity index (χ0v) is 10.6. The van der Waals surface area contributed by atoms with Gasteiger partial charge in [-0.15, -0.1) is 0 Å². The van der Waals surface area contributed by atoms with Crippen molar-refractivity contribution < 1.29 is 14.7 Å². The fraction of sp³-hybridized carbons (Fsp3) is 0.0714. The van der Waals surface area contributed by atoms with Crippen LogP contribution in [0.3, 0.4) is 0 Å². The largest absolute Gasteiger partial charge is 0.480 e. The van der Waals surface area contributed by atoms with E-state index in [1.165, 1.54) is 19.4 Å². The Balaban J connectivity index is 2.39. The molecular weight excluding hydrogens is 258 g/mol. The second-order valence-electron chi connectivity index (χ2n) is 3.71. The maximum absolute atomic E-state index is 11.3. The van der Waals surface area contributed by atoms with Crippen molar-refractivity contribution in [2.24, 2.45) is 0 Å². The average molecular weight is 269 g/mol. The van der Waals surface area contributed by atoms with Crippen molar-refractivity contribution in [3.8, 4) is 17.7 Å². The van der Waals surface area contributed by atoms with E-state index in [1.54, 1.807) is 23.9 Å². The summed E-state index contributed by atoms with van der Waals surface area (Å²) >= 11 is 0. The molecule has 0 atom stereocenters. The molecule has 1 amide bonds. The Morgan fingerprint density at radius 1 is 1.40 bits per heavy atom. The predicted octanol–water partition coefficient (Wildman–Crippen LogP) is 1.00. The third-order valence-electron chi connectivity index (χ3n) is 2.41. The molecule has 100 valence electrons. The van der Waals surface area contributed by atoms with Crippen LogP contribution in [0.5, 0.6) is 5.88 Å². The number of amides is 1. The number of aromatic nitrogens is 2. The Bertz CT molecular complexity index is 675. The molecule has 0 aliphatic rings. The molecule has 0 spiro atoms. The third-order valence-corrected chi connectivity index (χ3v) is 2.41. The number of pyridine rings is 2. The van der Waals surface area contributed by atoms with Gasteiger partial charge in [-0.25, -0.2) is 10.5 Å². The van der Waals surface area contributed by atoms with Gasteiger partial charge in [0.05, 0.1) is 18.2 Å². The molecule has 2 aromatic heterocycles. The van der Waals surface area contributed by atoms with Gasteiger partial charge in [0.25, 0.3) is 5.91 Å². The number of hydrogen-bond donors (Lipinski definition) is 2. The van der Waals surface area contributed by atoms with Gasteiger partial charge < -0.3 is 4.74 Å². The van der Waals surface area contributed by atoms with Crippen LogP contribution in [0.2, 0.25) is 0 Å². The van der Waals surface area contributed by atoms with Gasteiger partial charge in [0.1, 0.15) is 0 Å². The molecular formula is C14H11N3O3. The Morgan fingerprint density at radius 2 is 2.25 bits per heavy atom. The van der Waals surface area contributed by atoms with Crippen molar-refractivity contribution in [3.63, 3.8) is 0 Å². The van der Waals surface area contributed by atoms with E-state index in [9.17, 15) is 4.79 Å². The highest BCUT2D eigenvalue weighted by Crippen LogP contribution is 2.15. The molecule has 0 fully saturated rings. The Kier molecular flexibility index (Phi) is 4.27. The van der Waals surface area contributed by atoms with Crippen LogP contribution in [-0.4, -0.2) is 28.2 Å². The maximum Gasteiger partial charge on any atom is 0.276 e. The van der Waals surface area contributed by atoms with E-state index in [0.29, 0.717) is 11.4 Å². The quantitative estimate of drug-likeness (QED) is 0.483. The van der Waals surface area contributed by atoms with Crippen LogP contribution in [0.1, 0.15) is 21.5 Å². The number of ether oxygens (including phenoxy) is 1. The van der Waals surface area contributed by atoms with Gasteiger partial charge in [0.15, 0.2) is 0 Å². The highest BCUT2D eigenvalue weighted by Gasteiger charge is 2.09. The second kappa shape index (κ2) is 6.31. The van der Waals surface area contributed by atoms with Crippen molar-refractivity contribution in [2.75, 3.05) is 7.11 Å². The second-order valence-corrected chi connectivity index (χ2v) is 3.71. The van der Waals surface area contributed by atoms with Crippen LogP contribution < -0.4 is 10.2 Å². The molecule has 0 aliphatic heterocycles. The first-order valence-corrected chi connectivity index (χ1v) is 5.65. The van der Waals surface area contributed by atoms with Crippen molar-refractivity contribution in [1.82, 2.24) is 15.4 Å². The Morgan fingerprint density at radius 3 is 2.90 bits per heavy atom. The van der Waals surface area contributed by atoms with E-state index >= 15 is 0 Å². The van der Waals surface area contributed by atoms with Crippen LogP contribution in [0, 0.1) is 11.8 Å². The summed E-state index contributed by atoms with van der Waals surface area (Å²) in [6.45, 7) is 0. The summed E-state index contributed by atoms with van der Waals surface area (Å²) in [5.74, 6) is 5.39. The minimum Gasteiger partial charge on any atom is -0.480 e. The lowest BCUT2D eigenvalue weighted by Gasteiger charge is -2.04. The minimum atomic E-state index is -0.662. The van der Waals surface area contributed by atoms with Gasteiger partial charge in [-0.2, -0.15) is 0 Å². The summed E-state index contributed by atoms with van der Waals surface area (Å²) < 4.78 is 5.08. The van der Waals surface area contributed by atoms with E-state index in [2.05, 4.69) is 21.8 Å². The van der Waals surface area contributed by atoms with Gasteiger partial charge in [-0.3, -0.25) is 15.0 Å². The number of carbonyl (C=O) groups excluding carboxylic acids is 1. The standard InChI is InChI=1S/C14H11N3O3/c1-20-14-11(5-4-10-3-2-6-15-8-10)7-12(9-16-14)13(18)17-19/h2-3,6-9,19H,1H3,(H,17,18). The number of hydroxylamine groups is 1. The molecule has 0 aromatic carbocycles. The Labute approximate surface area is 115 Å². The van der Waals surface area contributed by atoms with Crippen LogP contribution in [0.4, 0.5) is 0 Å². The van der Waals surface area contributed by atoms with Crippen molar-refractivity contribution >= 4 is 5.91 Å².